The van der Waals surface area contributed by atoms with Crippen LogP contribution in [0.4, 0.5) is 13.2 Å². The van der Waals surface area contributed by atoms with Crippen LogP contribution in [-0.4, -0.2) is 41.9 Å². The van der Waals surface area contributed by atoms with E-state index in [2.05, 4.69) is 30.9 Å². The fourth-order valence-corrected chi connectivity index (χ4v) is 5.30. The van der Waals surface area contributed by atoms with Crippen molar-refractivity contribution in [3.05, 3.63) is 107 Å². The molecule has 37 heavy (non-hydrogen) atoms. The predicted molar refractivity (Wildman–Crippen MR) is 141 cm³/mol. The first-order chi connectivity index (χ1) is 17.6. The van der Waals surface area contributed by atoms with Gasteiger partial charge in [0.25, 0.3) is 5.91 Å². The van der Waals surface area contributed by atoms with Crippen molar-refractivity contribution in [3.8, 4) is 0 Å². The number of aryl methyl sites for hydroxylation is 1. The summed E-state index contributed by atoms with van der Waals surface area (Å²) < 4.78 is 39.8. The van der Waals surface area contributed by atoms with Gasteiger partial charge in [0.05, 0.1) is 5.56 Å². The Balaban J connectivity index is 1.57. The number of hydrogen-bond acceptors (Lipinski definition) is 2. The molecule has 1 fully saturated rings. The van der Waals surface area contributed by atoms with Crippen LogP contribution in [0, 0.1) is 18.8 Å². The monoisotopic (exact) mass is 508 g/mol. The quantitative estimate of drug-likeness (QED) is 0.326. The van der Waals surface area contributed by atoms with Crippen LogP contribution in [0.15, 0.2) is 78.9 Å². The molecule has 0 saturated carbocycles. The van der Waals surface area contributed by atoms with E-state index in [0.717, 1.165) is 18.2 Å². The second kappa shape index (κ2) is 11.5. The fourth-order valence-electron chi connectivity index (χ4n) is 5.30. The smallest absolute Gasteiger partial charge is 0.338 e. The molecule has 196 valence electrons. The maximum absolute atomic E-state index is 13.5. The molecule has 1 saturated heterocycles. The molecule has 6 heteroatoms. The van der Waals surface area contributed by atoms with Crippen molar-refractivity contribution in [3.63, 3.8) is 0 Å². The van der Waals surface area contributed by atoms with Gasteiger partial charge in [0.15, 0.2) is 0 Å². The molecule has 1 aliphatic rings. The molecule has 4 rings (SSSR count). The molecule has 3 aromatic carbocycles. The molecule has 3 aromatic rings. The van der Waals surface area contributed by atoms with E-state index in [1.54, 1.807) is 6.07 Å². The van der Waals surface area contributed by atoms with Gasteiger partial charge in [0.1, 0.15) is 0 Å². The third kappa shape index (κ3) is 7.01. The third-order valence-corrected chi connectivity index (χ3v) is 7.03. The minimum Gasteiger partial charge on any atom is -0.338 e. The molecule has 1 heterocycles. The van der Waals surface area contributed by atoms with Gasteiger partial charge >= 0.3 is 6.18 Å². The van der Waals surface area contributed by atoms with Crippen LogP contribution < -0.4 is 0 Å². The summed E-state index contributed by atoms with van der Waals surface area (Å²) in [7, 11) is 0. The Kier molecular flexibility index (Phi) is 8.38. The zero-order valence-electron chi connectivity index (χ0n) is 21.7. The summed E-state index contributed by atoms with van der Waals surface area (Å²) in [6.45, 7) is 9.37. The van der Waals surface area contributed by atoms with E-state index >= 15 is 0 Å². The van der Waals surface area contributed by atoms with Crippen LogP contribution in [0.5, 0.6) is 0 Å². The number of carbonyl (C=O) groups is 1. The Morgan fingerprint density at radius 2 is 1.68 bits per heavy atom. The maximum atomic E-state index is 13.5. The number of hydrogen-bond donors (Lipinski definition) is 0. The number of likely N-dealkylation sites (tertiary alicyclic amines) is 1. The molecule has 0 spiro atoms. The molecule has 0 aliphatic carbocycles. The summed E-state index contributed by atoms with van der Waals surface area (Å²) in [5, 5.41) is 0. The van der Waals surface area contributed by atoms with Crippen molar-refractivity contribution in [2.45, 2.75) is 39.4 Å². The van der Waals surface area contributed by atoms with Crippen LogP contribution in [0.1, 0.15) is 52.4 Å². The maximum Gasteiger partial charge on any atom is 0.416 e. The summed E-state index contributed by atoms with van der Waals surface area (Å²) in [6.07, 6.45) is -4.36. The van der Waals surface area contributed by atoms with Crippen LogP contribution in [-0.2, 0) is 12.7 Å². The molecule has 2 atom stereocenters. The highest BCUT2D eigenvalue weighted by Gasteiger charge is 2.36. The van der Waals surface area contributed by atoms with E-state index in [-0.39, 0.29) is 17.7 Å². The van der Waals surface area contributed by atoms with Gasteiger partial charge in [-0.2, -0.15) is 13.2 Å². The average molecular weight is 509 g/mol. The third-order valence-electron chi connectivity index (χ3n) is 7.03. The Labute approximate surface area is 217 Å². The van der Waals surface area contributed by atoms with Crippen molar-refractivity contribution in [1.29, 1.82) is 0 Å². The summed E-state index contributed by atoms with van der Waals surface area (Å²) in [4.78, 5) is 17.7. The zero-order chi connectivity index (χ0) is 26.6. The minimum atomic E-state index is -4.36. The highest BCUT2D eigenvalue weighted by molar-refractivity contribution is 5.94. The number of halogens is 3. The lowest BCUT2D eigenvalue weighted by Crippen LogP contribution is -2.39. The van der Waals surface area contributed by atoms with Gasteiger partial charge in [-0.25, -0.2) is 0 Å². The van der Waals surface area contributed by atoms with E-state index in [0.29, 0.717) is 43.2 Å². The lowest BCUT2D eigenvalue weighted by molar-refractivity contribution is -0.137. The molecule has 3 nitrogen and oxygen atoms in total. The lowest BCUT2D eigenvalue weighted by Gasteiger charge is -2.30. The molecule has 0 unspecified atom stereocenters. The molecule has 0 radical (unpaired) electrons. The molecule has 0 N–H and O–H groups in total. The van der Waals surface area contributed by atoms with Crippen LogP contribution >= 0.6 is 0 Å². The van der Waals surface area contributed by atoms with Crippen LogP contribution in [0.2, 0.25) is 0 Å². The van der Waals surface area contributed by atoms with Gasteiger partial charge in [-0.05, 0) is 48.1 Å². The molecule has 1 amide bonds. The Morgan fingerprint density at radius 1 is 0.973 bits per heavy atom. The largest absolute Gasteiger partial charge is 0.416 e. The SMILES string of the molecule is Cc1ccc(C(=O)N(CC(C)C)C[C@H]2CN(Cc3cccc(C(F)(F)F)c3)C[C@H]2c2ccccc2)cc1. The van der Waals surface area contributed by atoms with Crippen molar-refractivity contribution in [2.24, 2.45) is 11.8 Å². The van der Waals surface area contributed by atoms with Crippen molar-refractivity contribution >= 4 is 5.91 Å². The zero-order valence-corrected chi connectivity index (χ0v) is 21.7. The molecular weight excluding hydrogens is 473 g/mol. The summed E-state index contributed by atoms with van der Waals surface area (Å²) >= 11 is 0. The first-order valence-corrected chi connectivity index (χ1v) is 12.9. The van der Waals surface area contributed by atoms with Gasteiger partial charge in [0.2, 0.25) is 0 Å². The van der Waals surface area contributed by atoms with Crippen molar-refractivity contribution in [2.75, 3.05) is 26.2 Å². The second-order valence-electron chi connectivity index (χ2n) is 10.6. The number of carbonyl (C=O) groups excluding carboxylic acids is 1. The highest BCUT2D eigenvalue weighted by atomic mass is 19.4. The standard InChI is InChI=1S/C31H35F3N2O/c1-22(2)17-36(30(37)26-14-12-23(3)13-15-26)20-27-19-35(21-29(27)25-9-5-4-6-10-25)18-24-8-7-11-28(16-24)31(32,33)34/h4-16,22,27,29H,17-21H2,1-3H3/t27-,29+/m1/s1. The van der Waals surface area contributed by atoms with Crippen LogP contribution in [0.3, 0.4) is 0 Å². The van der Waals surface area contributed by atoms with E-state index in [4.69, 9.17) is 0 Å². The first-order valence-electron chi connectivity index (χ1n) is 12.9. The topological polar surface area (TPSA) is 23.6 Å². The second-order valence-corrected chi connectivity index (χ2v) is 10.6. The number of nitrogens with zero attached hydrogens (tertiary/aromatic N) is 2. The normalized spacial score (nSPS) is 18.4. The number of benzene rings is 3. The summed E-state index contributed by atoms with van der Waals surface area (Å²) in [6, 6.07) is 23.5. The Hall–Kier alpha value is -3.12. The molecule has 0 bridgehead atoms. The summed E-state index contributed by atoms with van der Waals surface area (Å²) in [5.41, 5.74) is 3.02. The predicted octanol–water partition coefficient (Wildman–Crippen LogP) is 7.03. The number of amides is 1. The minimum absolute atomic E-state index is 0.0249. The van der Waals surface area contributed by atoms with Gasteiger partial charge in [-0.15, -0.1) is 0 Å². The fraction of sp³-hybridized carbons (Fsp3) is 0.387. The first kappa shape index (κ1) is 26.9. The lowest BCUT2D eigenvalue weighted by atomic mass is 9.88. The molecule has 1 aliphatic heterocycles. The van der Waals surface area contributed by atoms with Gasteiger partial charge in [-0.1, -0.05) is 80.1 Å². The van der Waals surface area contributed by atoms with Gasteiger partial charge < -0.3 is 4.90 Å². The van der Waals surface area contributed by atoms with Gasteiger partial charge in [0, 0.05) is 44.2 Å². The Bertz CT molecular complexity index is 1180. The van der Waals surface area contributed by atoms with Crippen LogP contribution in [0.25, 0.3) is 0 Å². The van der Waals surface area contributed by atoms with E-state index in [1.807, 2.05) is 54.3 Å². The van der Waals surface area contributed by atoms with Crippen molar-refractivity contribution < 1.29 is 18.0 Å². The summed E-state index contributed by atoms with van der Waals surface area (Å²) in [5.74, 6) is 0.692. The van der Waals surface area contributed by atoms with E-state index in [9.17, 15) is 18.0 Å². The van der Waals surface area contributed by atoms with E-state index in [1.165, 1.54) is 17.7 Å². The Morgan fingerprint density at radius 3 is 2.32 bits per heavy atom. The molecular formula is C31H35F3N2O. The number of alkyl halides is 3. The number of rotatable bonds is 8. The highest BCUT2D eigenvalue weighted by Crippen LogP contribution is 2.35. The van der Waals surface area contributed by atoms with E-state index < -0.39 is 11.7 Å². The van der Waals surface area contributed by atoms with Gasteiger partial charge in [-0.3, -0.25) is 9.69 Å². The van der Waals surface area contributed by atoms with Crippen molar-refractivity contribution in [1.82, 2.24) is 9.80 Å². The average Bonchev–Trinajstić information content (AvgIpc) is 3.25. The molecule has 0 aromatic heterocycles.